The number of benzene rings is 1. The molecule has 0 saturated heterocycles. The molecule has 0 radical (unpaired) electrons. The lowest BCUT2D eigenvalue weighted by atomic mass is 10.2. The molecule has 1 heterocycles. The number of hydrogen-bond donors (Lipinski definition) is 2. The van der Waals surface area contributed by atoms with Crippen molar-refractivity contribution < 1.29 is 5.11 Å². The van der Waals surface area contributed by atoms with E-state index in [1.807, 2.05) is 30.3 Å². The Labute approximate surface area is 105 Å². The van der Waals surface area contributed by atoms with E-state index in [1.54, 1.807) is 4.90 Å². The minimum absolute atomic E-state index is 0.0250. The van der Waals surface area contributed by atoms with E-state index >= 15 is 0 Å². The molecule has 0 bridgehead atoms. The van der Waals surface area contributed by atoms with Crippen LogP contribution >= 0.6 is 0 Å². The zero-order valence-corrected chi connectivity index (χ0v) is 9.91. The highest BCUT2D eigenvalue weighted by Crippen LogP contribution is 2.09. The lowest BCUT2D eigenvalue weighted by Crippen LogP contribution is -2.32. The van der Waals surface area contributed by atoms with E-state index in [9.17, 15) is 4.79 Å². The van der Waals surface area contributed by atoms with Gasteiger partial charge in [0.05, 0.1) is 6.61 Å². The average molecular weight is 245 g/mol. The van der Waals surface area contributed by atoms with Crippen molar-refractivity contribution in [1.82, 2.24) is 9.97 Å². The van der Waals surface area contributed by atoms with Gasteiger partial charge < -0.3 is 15.0 Å². The molecule has 18 heavy (non-hydrogen) atoms. The number of anilines is 1. The van der Waals surface area contributed by atoms with Gasteiger partial charge in [-0.2, -0.15) is 0 Å². The first kappa shape index (κ1) is 12.3. The van der Waals surface area contributed by atoms with Crippen molar-refractivity contribution in [2.45, 2.75) is 6.54 Å². The number of rotatable bonds is 5. The molecule has 5 nitrogen and oxygen atoms in total. The van der Waals surface area contributed by atoms with E-state index in [0.717, 1.165) is 5.56 Å². The number of aromatic amines is 1. The van der Waals surface area contributed by atoms with Crippen LogP contribution in [0.3, 0.4) is 0 Å². The van der Waals surface area contributed by atoms with Gasteiger partial charge in [-0.3, -0.25) is 4.79 Å². The molecule has 1 aromatic heterocycles. The summed E-state index contributed by atoms with van der Waals surface area (Å²) in [5.74, 6) is 0.329. The standard InChI is InChI=1S/C13H15N3O2/c17-9-8-16(10-11-4-2-1-3-5-11)12-13(18)15-7-6-14-12/h1-7,17H,8-10H2,(H,15,18). The maximum absolute atomic E-state index is 11.7. The monoisotopic (exact) mass is 245 g/mol. The van der Waals surface area contributed by atoms with Crippen LogP contribution in [0.2, 0.25) is 0 Å². The van der Waals surface area contributed by atoms with E-state index in [-0.39, 0.29) is 12.2 Å². The van der Waals surface area contributed by atoms with Crippen LogP contribution in [0.1, 0.15) is 5.56 Å². The Balaban J connectivity index is 2.24. The van der Waals surface area contributed by atoms with Crippen LogP contribution in [0.5, 0.6) is 0 Å². The van der Waals surface area contributed by atoms with Crippen LogP contribution in [-0.2, 0) is 6.54 Å². The van der Waals surface area contributed by atoms with E-state index in [1.165, 1.54) is 12.4 Å². The van der Waals surface area contributed by atoms with Crippen molar-refractivity contribution in [2.75, 3.05) is 18.1 Å². The molecule has 5 heteroatoms. The first-order chi connectivity index (χ1) is 8.81. The Hall–Kier alpha value is -2.14. The van der Waals surface area contributed by atoms with Gasteiger partial charge in [-0.25, -0.2) is 4.98 Å². The molecule has 0 saturated carbocycles. The SMILES string of the molecule is O=c1[nH]ccnc1N(CCO)Cc1ccccc1. The maximum atomic E-state index is 11.7. The molecule has 0 aliphatic heterocycles. The van der Waals surface area contributed by atoms with E-state index in [0.29, 0.717) is 18.9 Å². The quantitative estimate of drug-likeness (QED) is 0.816. The van der Waals surface area contributed by atoms with Crippen molar-refractivity contribution in [3.8, 4) is 0 Å². The zero-order chi connectivity index (χ0) is 12.8. The van der Waals surface area contributed by atoms with Gasteiger partial charge in [0.1, 0.15) is 0 Å². The highest BCUT2D eigenvalue weighted by atomic mass is 16.3. The molecule has 2 N–H and O–H groups in total. The lowest BCUT2D eigenvalue weighted by molar-refractivity contribution is 0.301. The second-order valence-corrected chi connectivity index (χ2v) is 3.87. The lowest BCUT2D eigenvalue weighted by Gasteiger charge is -2.21. The number of nitrogens with zero attached hydrogens (tertiary/aromatic N) is 2. The molecule has 1 aromatic carbocycles. The van der Waals surface area contributed by atoms with Crippen molar-refractivity contribution >= 4 is 5.82 Å². The Bertz CT molecular complexity index is 539. The summed E-state index contributed by atoms with van der Waals surface area (Å²) in [6, 6.07) is 9.76. The van der Waals surface area contributed by atoms with Crippen LogP contribution in [0.15, 0.2) is 47.5 Å². The molecule has 0 spiro atoms. The van der Waals surface area contributed by atoms with Crippen molar-refractivity contribution in [3.63, 3.8) is 0 Å². The predicted molar refractivity (Wildman–Crippen MR) is 69.4 cm³/mol. The van der Waals surface area contributed by atoms with Crippen LogP contribution in [0.4, 0.5) is 5.82 Å². The first-order valence-corrected chi connectivity index (χ1v) is 5.74. The third-order valence-corrected chi connectivity index (χ3v) is 2.57. The minimum Gasteiger partial charge on any atom is -0.395 e. The Morgan fingerprint density at radius 1 is 1.28 bits per heavy atom. The summed E-state index contributed by atoms with van der Waals surface area (Å²) >= 11 is 0. The molecule has 0 atom stereocenters. The summed E-state index contributed by atoms with van der Waals surface area (Å²) in [6.45, 7) is 0.888. The Morgan fingerprint density at radius 2 is 2.06 bits per heavy atom. The van der Waals surface area contributed by atoms with Gasteiger partial charge in [-0.05, 0) is 5.56 Å². The topological polar surface area (TPSA) is 69.2 Å². The van der Waals surface area contributed by atoms with Gasteiger partial charge in [-0.15, -0.1) is 0 Å². The number of H-pyrrole nitrogens is 1. The third-order valence-electron chi connectivity index (χ3n) is 2.57. The number of hydrogen-bond acceptors (Lipinski definition) is 4. The highest BCUT2D eigenvalue weighted by Gasteiger charge is 2.11. The van der Waals surface area contributed by atoms with Gasteiger partial charge in [-0.1, -0.05) is 30.3 Å². The second-order valence-electron chi connectivity index (χ2n) is 3.87. The van der Waals surface area contributed by atoms with Crippen molar-refractivity contribution in [1.29, 1.82) is 0 Å². The molecule has 0 amide bonds. The highest BCUT2D eigenvalue weighted by molar-refractivity contribution is 5.36. The Kier molecular flexibility index (Phi) is 4.09. The molecule has 94 valence electrons. The smallest absolute Gasteiger partial charge is 0.290 e. The van der Waals surface area contributed by atoms with Crippen LogP contribution in [0.25, 0.3) is 0 Å². The number of aliphatic hydroxyl groups excluding tert-OH is 1. The van der Waals surface area contributed by atoms with E-state index < -0.39 is 0 Å². The molecule has 2 aromatic rings. The molecule has 0 aliphatic rings. The predicted octanol–water partition coefficient (Wildman–Crippen LogP) is 0.769. The fourth-order valence-corrected chi connectivity index (χ4v) is 1.75. The molecule has 0 fully saturated rings. The minimum atomic E-state index is -0.248. The Morgan fingerprint density at radius 3 is 2.72 bits per heavy atom. The van der Waals surface area contributed by atoms with Crippen LogP contribution in [-0.4, -0.2) is 28.2 Å². The summed E-state index contributed by atoms with van der Waals surface area (Å²) in [6.07, 6.45) is 3.03. The van der Waals surface area contributed by atoms with Crippen molar-refractivity contribution in [2.24, 2.45) is 0 Å². The summed E-state index contributed by atoms with van der Waals surface area (Å²) in [7, 11) is 0. The van der Waals surface area contributed by atoms with Gasteiger partial charge in [0, 0.05) is 25.5 Å². The fraction of sp³-hybridized carbons (Fsp3) is 0.231. The molecule has 0 aliphatic carbocycles. The molecule has 0 unspecified atom stereocenters. The zero-order valence-electron chi connectivity index (χ0n) is 9.91. The van der Waals surface area contributed by atoms with Gasteiger partial charge in [0.2, 0.25) is 0 Å². The van der Waals surface area contributed by atoms with Crippen LogP contribution in [0, 0.1) is 0 Å². The van der Waals surface area contributed by atoms with E-state index in [4.69, 9.17) is 5.11 Å². The number of nitrogens with one attached hydrogen (secondary N) is 1. The molecular formula is C13H15N3O2. The summed E-state index contributed by atoms with van der Waals surface area (Å²) in [5, 5.41) is 9.09. The average Bonchev–Trinajstić information content (AvgIpc) is 2.40. The normalized spacial score (nSPS) is 10.3. The molecular weight excluding hydrogens is 230 g/mol. The second kappa shape index (κ2) is 5.97. The number of aliphatic hydroxyl groups is 1. The van der Waals surface area contributed by atoms with Crippen molar-refractivity contribution in [3.05, 3.63) is 58.6 Å². The van der Waals surface area contributed by atoms with Gasteiger partial charge in [0.25, 0.3) is 5.56 Å². The van der Waals surface area contributed by atoms with Gasteiger partial charge in [0.15, 0.2) is 5.82 Å². The summed E-state index contributed by atoms with van der Waals surface area (Å²) in [4.78, 5) is 20.1. The first-order valence-electron chi connectivity index (χ1n) is 5.74. The van der Waals surface area contributed by atoms with Gasteiger partial charge >= 0.3 is 0 Å². The van der Waals surface area contributed by atoms with Crippen LogP contribution < -0.4 is 10.5 Å². The summed E-state index contributed by atoms with van der Waals surface area (Å²) in [5.41, 5.74) is 0.817. The molecule has 2 rings (SSSR count). The number of aromatic nitrogens is 2. The largest absolute Gasteiger partial charge is 0.395 e. The third kappa shape index (κ3) is 2.95. The fourth-order valence-electron chi connectivity index (χ4n) is 1.75. The van der Waals surface area contributed by atoms with E-state index in [2.05, 4.69) is 9.97 Å². The summed E-state index contributed by atoms with van der Waals surface area (Å²) < 4.78 is 0. The maximum Gasteiger partial charge on any atom is 0.290 e.